The topological polar surface area (TPSA) is 59.4 Å². The second kappa shape index (κ2) is 10.9. The summed E-state index contributed by atoms with van der Waals surface area (Å²) >= 11 is 11.2. The van der Waals surface area contributed by atoms with Crippen molar-refractivity contribution in [2.45, 2.75) is 39.4 Å². The van der Waals surface area contributed by atoms with Crippen LogP contribution in [-0.4, -0.2) is 21.7 Å². The maximum Gasteiger partial charge on any atom is 0.337 e. The van der Waals surface area contributed by atoms with Gasteiger partial charge in [0, 0.05) is 26.2 Å². The van der Waals surface area contributed by atoms with E-state index in [1.165, 1.54) is 0 Å². The number of thiazole rings is 1. The lowest BCUT2D eigenvalue weighted by Gasteiger charge is -2.28. The second-order valence-corrected chi connectivity index (χ2v) is 12.7. The number of halogens is 2. The summed E-state index contributed by atoms with van der Waals surface area (Å²) in [5.74, 6) is -1.03. The van der Waals surface area contributed by atoms with Gasteiger partial charge in [0.05, 0.1) is 15.8 Å². The Morgan fingerprint density at radius 2 is 1.46 bits per heavy atom. The van der Waals surface area contributed by atoms with Crippen molar-refractivity contribution in [2.75, 3.05) is 0 Å². The van der Waals surface area contributed by atoms with Crippen molar-refractivity contribution in [1.82, 2.24) is 4.98 Å². The first-order valence-electron chi connectivity index (χ1n) is 12.5. The van der Waals surface area contributed by atoms with Gasteiger partial charge >= 0.3 is 5.97 Å². The lowest BCUT2D eigenvalue weighted by Crippen LogP contribution is -2.28. The van der Waals surface area contributed by atoms with Gasteiger partial charge in [0.15, 0.2) is 6.10 Å². The number of carbonyl (C=O) groups is 1. The third kappa shape index (κ3) is 5.94. The average molecular weight is 621 g/mol. The van der Waals surface area contributed by atoms with Crippen LogP contribution in [0.5, 0.6) is 0 Å². The largest absolute Gasteiger partial charge is 0.479 e. The van der Waals surface area contributed by atoms with Gasteiger partial charge in [-0.05, 0) is 80.3 Å². The fourth-order valence-electron chi connectivity index (χ4n) is 4.61. The first-order chi connectivity index (χ1) is 18.5. The predicted molar refractivity (Wildman–Crippen MR) is 165 cm³/mol. The number of carboxylic acids is 1. The second-order valence-electron chi connectivity index (χ2n) is 10.4. The van der Waals surface area contributed by atoms with Crippen LogP contribution in [0, 0.1) is 6.92 Å². The molecular weight excluding hydrogens is 594 g/mol. The van der Waals surface area contributed by atoms with Crippen LogP contribution in [0.3, 0.4) is 0 Å². The van der Waals surface area contributed by atoms with Gasteiger partial charge in [0.1, 0.15) is 5.01 Å². The molecule has 0 aliphatic heterocycles. The molecule has 0 aliphatic carbocycles. The summed E-state index contributed by atoms with van der Waals surface area (Å²) in [6.45, 7) is 7.51. The molecule has 5 aromatic rings. The first-order valence-corrected chi connectivity index (χ1v) is 14.5. The minimum atomic E-state index is -1.14. The summed E-state index contributed by atoms with van der Waals surface area (Å²) in [7, 11) is 0. The van der Waals surface area contributed by atoms with Crippen LogP contribution in [0.1, 0.15) is 38.0 Å². The Bertz CT molecular complexity index is 1650. The summed E-state index contributed by atoms with van der Waals surface area (Å²) < 4.78 is 8.06. The van der Waals surface area contributed by atoms with E-state index in [2.05, 4.69) is 52.3 Å². The molecule has 0 unspecified atom stereocenters. The molecule has 4 aromatic carbocycles. The van der Waals surface area contributed by atoms with Crippen LogP contribution >= 0.6 is 38.9 Å². The molecule has 0 saturated carbocycles. The molecule has 39 heavy (non-hydrogen) atoms. The smallest absolute Gasteiger partial charge is 0.337 e. The SMILES string of the molecule is Cc1cc2nc(-c3ccc(-c4ccc(Br)cc4)cc3)sc2c(-c2ccc(Cl)cc2)c1[C@H](OC(C)(C)C)C(=O)O. The van der Waals surface area contributed by atoms with Crippen LogP contribution in [0.2, 0.25) is 5.02 Å². The van der Waals surface area contributed by atoms with Crippen LogP contribution in [-0.2, 0) is 9.53 Å². The highest BCUT2D eigenvalue weighted by molar-refractivity contribution is 9.10. The van der Waals surface area contributed by atoms with E-state index in [0.717, 1.165) is 53.1 Å². The van der Waals surface area contributed by atoms with E-state index in [1.807, 2.05) is 70.2 Å². The molecule has 0 fully saturated rings. The van der Waals surface area contributed by atoms with Gasteiger partial charge in [0.25, 0.3) is 0 Å². The van der Waals surface area contributed by atoms with Gasteiger partial charge in [0.2, 0.25) is 0 Å². The molecule has 1 N–H and O–H groups in total. The molecule has 7 heteroatoms. The van der Waals surface area contributed by atoms with Crippen molar-refractivity contribution in [3.63, 3.8) is 0 Å². The molecule has 0 spiro atoms. The van der Waals surface area contributed by atoms with Gasteiger partial charge in [-0.1, -0.05) is 76.1 Å². The summed E-state index contributed by atoms with van der Waals surface area (Å²) in [5.41, 5.74) is 6.55. The molecule has 1 aromatic heterocycles. The normalized spacial score (nSPS) is 12.6. The number of rotatable bonds is 6. The van der Waals surface area contributed by atoms with Gasteiger partial charge in [-0.2, -0.15) is 0 Å². The van der Waals surface area contributed by atoms with Crippen molar-refractivity contribution < 1.29 is 14.6 Å². The third-order valence-electron chi connectivity index (χ3n) is 6.33. The van der Waals surface area contributed by atoms with Crippen LogP contribution in [0.15, 0.2) is 83.3 Å². The van der Waals surface area contributed by atoms with Crippen molar-refractivity contribution >= 4 is 55.1 Å². The zero-order valence-corrected chi connectivity index (χ0v) is 25.1. The quantitative estimate of drug-likeness (QED) is 0.205. The van der Waals surface area contributed by atoms with Crippen molar-refractivity contribution in [1.29, 1.82) is 0 Å². The first kappa shape index (κ1) is 27.5. The highest BCUT2D eigenvalue weighted by Gasteiger charge is 2.32. The van der Waals surface area contributed by atoms with Gasteiger partial charge in [-0.3, -0.25) is 0 Å². The molecule has 0 bridgehead atoms. The van der Waals surface area contributed by atoms with E-state index in [4.69, 9.17) is 21.3 Å². The highest BCUT2D eigenvalue weighted by atomic mass is 79.9. The number of aromatic nitrogens is 1. The fourth-order valence-corrected chi connectivity index (χ4v) is 6.13. The number of aryl methyl sites for hydroxylation is 1. The zero-order chi connectivity index (χ0) is 27.9. The van der Waals surface area contributed by atoms with Gasteiger partial charge in [-0.25, -0.2) is 9.78 Å². The lowest BCUT2D eigenvalue weighted by molar-refractivity contribution is -0.160. The Morgan fingerprint density at radius 1 is 0.923 bits per heavy atom. The Hall–Kier alpha value is -3.03. The molecule has 198 valence electrons. The van der Waals surface area contributed by atoms with E-state index >= 15 is 0 Å². The number of aliphatic carboxylic acids is 1. The predicted octanol–water partition coefficient (Wildman–Crippen LogP) is 9.96. The van der Waals surface area contributed by atoms with Crippen LogP contribution in [0.4, 0.5) is 0 Å². The highest BCUT2D eigenvalue weighted by Crippen LogP contribution is 2.44. The van der Waals surface area contributed by atoms with E-state index in [0.29, 0.717) is 10.6 Å². The Kier molecular flexibility index (Phi) is 7.66. The van der Waals surface area contributed by atoms with Crippen molar-refractivity contribution in [2.24, 2.45) is 0 Å². The van der Waals surface area contributed by atoms with Crippen LogP contribution in [0.25, 0.3) is 43.0 Å². The molecule has 0 radical (unpaired) electrons. The molecule has 5 rings (SSSR count). The van der Waals surface area contributed by atoms with E-state index in [-0.39, 0.29) is 0 Å². The summed E-state index contributed by atoms with van der Waals surface area (Å²) in [6.07, 6.45) is -1.14. The molecule has 0 saturated heterocycles. The summed E-state index contributed by atoms with van der Waals surface area (Å²) in [4.78, 5) is 17.5. The molecule has 0 aliphatic rings. The summed E-state index contributed by atoms with van der Waals surface area (Å²) in [6, 6.07) is 26.0. The van der Waals surface area contributed by atoms with Gasteiger partial charge < -0.3 is 9.84 Å². The van der Waals surface area contributed by atoms with E-state index < -0.39 is 17.7 Å². The van der Waals surface area contributed by atoms with Crippen LogP contribution < -0.4 is 0 Å². The number of carboxylic acid groups (broad SMARTS) is 1. The minimum absolute atomic E-state index is 0.612. The number of fused-ring (bicyclic) bond motifs is 1. The molecule has 1 heterocycles. The average Bonchev–Trinajstić information content (AvgIpc) is 3.31. The Labute approximate surface area is 245 Å². The Morgan fingerprint density at radius 3 is 2.03 bits per heavy atom. The van der Waals surface area contributed by atoms with Gasteiger partial charge in [-0.15, -0.1) is 11.3 Å². The van der Waals surface area contributed by atoms with E-state index in [9.17, 15) is 9.90 Å². The number of nitrogens with zero attached hydrogens (tertiary/aromatic N) is 1. The monoisotopic (exact) mass is 619 g/mol. The zero-order valence-electron chi connectivity index (χ0n) is 22.0. The maximum absolute atomic E-state index is 12.5. The minimum Gasteiger partial charge on any atom is -0.479 e. The van der Waals surface area contributed by atoms with Crippen molar-refractivity contribution in [3.8, 4) is 32.8 Å². The molecule has 0 amide bonds. The lowest BCUT2D eigenvalue weighted by atomic mass is 9.91. The van der Waals surface area contributed by atoms with Crippen molar-refractivity contribution in [3.05, 3.63) is 99.5 Å². The third-order valence-corrected chi connectivity index (χ3v) is 8.25. The molecule has 4 nitrogen and oxygen atoms in total. The maximum atomic E-state index is 12.5. The number of benzene rings is 4. The number of hydrogen-bond donors (Lipinski definition) is 1. The molecule has 1 atom stereocenters. The van der Waals surface area contributed by atoms with E-state index in [1.54, 1.807) is 11.3 Å². The molecular formula is C32H27BrClNO3S. The summed E-state index contributed by atoms with van der Waals surface area (Å²) in [5, 5.41) is 11.7. The number of ether oxygens (including phenoxy) is 1. The number of hydrogen-bond acceptors (Lipinski definition) is 4. The Balaban J connectivity index is 1.67. The standard InChI is InChI=1S/C32H27BrClNO3S/c1-18-17-25-29(39-30(35-25)22-7-5-19(6-8-22)20-9-13-23(33)14-10-20)27(21-11-15-24(34)16-12-21)26(18)28(31(36)37)38-32(2,3)4/h5-17,28H,1-4H3,(H,36,37)/t28-/m0/s1. The fraction of sp³-hybridized carbons (Fsp3) is 0.188.